The van der Waals surface area contributed by atoms with Crippen molar-refractivity contribution in [1.82, 2.24) is 0 Å². The second-order valence-electron chi connectivity index (χ2n) is 14.5. The van der Waals surface area contributed by atoms with Gasteiger partial charge in [0.15, 0.2) is 0 Å². The van der Waals surface area contributed by atoms with E-state index in [2.05, 4.69) is 20.8 Å². The quantitative estimate of drug-likeness (QED) is 0.0325. The molecule has 7 nitrogen and oxygen atoms in total. The van der Waals surface area contributed by atoms with Crippen LogP contribution >= 0.6 is 0 Å². The Morgan fingerprint density at radius 1 is 0.392 bits per heavy atom. The highest BCUT2D eigenvalue weighted by Gasteiger charge is 1.98. The van der Waals surface area contributed by atoms with Crippen molar-refractivity contribution < 1.29 is 32.2 Å². The van der Waals surface area contributed by atoms with Crippen LogP contribution < -0.4 is 0 Å². The van der Waals surface area contributed by atoms with E-state index in [9.17, 15) is 4.79 Å². The van der Waals surface area contributed by atoms with Gasteiger partial charge in [0.05, 0.1) is 0 Å². The van der Waals surface area contributed by atoms with Crippen molar-refractivity contribution in [2.45, 2.75) is 252 Å². The molecule has 0 saturated heterocycles. The van der Waals surface area contributed by atoms with Crippen molar-refractivity contribution in [3.63, 3.8) is 0 Å². The number of carboxylic acid groups (broad SMARTS) is 1. The van der Waals surface area contributed by atoms with Crippen LogP contribution in [-0.4, -0.2) is 64.9 Å². The number of carbonyl (C=O) groups is 1. The molecule has 0 aliphatic carbocycles. The van der Waals surface area contributed by atoms with Crippen molar-refractivity contribution in [2.75, 3.05) is 13.2 Å². The zero-order valence-electron chi connectivity index (χ0n) is 33.8. The fraction of sp³-hybridized carbons (Fsp3) is 0.976. The summed E-state index contributed by atoms with van der Waals surface area (Å²) in [6.45, 7) is 8.84. The maximum absolute atomic E-state index is 10.3. The minimum atomic E-state index is -4.67. The molecular formula is C42H90MgO7S. The molecule has 0 unspecified atom stereocenters. The third-order valence-corrected chi connectivity index (χ3v) is 9.28. The fourth-order valence-corrected chi connectivity index (χ4v) is 6.13. The van der Waals surface area contributed by atoms with E-state index in [0.29, 0.717) is 6.42 Å². The molecule has 3 N–H and O–H groups in total. The van der Waals surface area contributed by atoms with Crippen LogP contribution in [0.1, 0.15) is 252 Å². The summed E-state index contributed by atoms with van der Waals surface area (Å²) in [4.78, 5) is 10.3. The molecule has 0 aromatic carbocycles. The molecule has 0 bridgehead atoms. The maximum atomic E-state index is 10.3. The molecule has 0 rings (SSSR count). The lowest BCUT2D eigenvalue weighted by Crippen LogP contribution is -1.97. The van der Waals surface area contributed by atoms with Gasteiger partial charge in [-0.05, 0) is 19.3 Å². The average molecular weight is 764 g/mol. The summed E-state index contributed by atoms with van der Waals surface area (Å²) in [5.41, 5.74) is 0. The summed E-state index contributed by atoms with van der Waals surface area (Å²) < 4.78 is 37.4. The minimum Gasteiger partial charge on any atom is -0.481 e. The van der Waals surface area contributed by atoms with Gasteiger partial charge < -0.3 is 9.84 Å². The van der Waals surface area contributed by atoms with Crippen molar-refractivity contribution in [3.8, 4) is 0 Å². The number of carboxylic acids is 1. The molecule has 0 spiro atoms. The number of unbranched alkanes of at least 4 members (excludes halogenated alkanes) is 32. The second kappa shape index (κ2) is 52.2. The summed E-state index contributed by atoms with van der Waals surface area (Å²) in [7, 11) is -4.67. The van der Waals surface area contributed by atoms with Crippen molar-refractivity contribution >= 4 is 39.4 Å². The summed E-state index contributed by atoms with van der Waals surface area (Å²) in [6.07, 6.45) is 48.4. The van der Waals surface area contributed by atoms with E-state index < -0.39 is 16.4 Å². The molecular weight excluding hydrogens is 673 g/mol. The van der Waals surface area contributed by atoms with E-state index in [1.165, 1.54) is 212 Å². The largest absolute Gasteiger partial charge is 0.481 e. The Morgan fingerprint density at radius 3 is 0.765 bits per heavy atom. The molecule has 0 radical (unpaired) electrons. The predicted molar refractivity (Wildman–Crippen MR) is 224 cm³/mol. The van der Waals surface area contributed by atoms with Gasteiger partial charge in [0.2, 0.25) is 0 Å². The number of ether oxygens (including phenoxy) is 1. The SMILES string of the molecule is CCCCCCCCCCCCCCCCCC(=O)O.CCCCCCCCCCCCOCCCCCCCCCCCC.O=S(=O)(O)O.[MgH2]. The van der Waals surface area contributed by atoms with Crippen molar-refractivity contribution in [1.29, 1.82) is 0 Å². The first-order valence-electron chi connectivity index (χ1n) is 21.7. The lowest BCUT2D eigenvalue weighted by molar-refractivity contribution is -0.137. The molecule has 0 heterocycles. The third-order valence-electron chi connectivity index (χ3n) is 9.28. The summed E-state index contributed by atoms with van der Waals surface area (Å²) in [5, 5.41) is 8.52. The second-order valence-corrected chi connectivity index (χ2v) is 15.4. The van der Waals surface area contributed by atoms with Gasteiger partial charge in [-0.1, -0.05) is 226 Å². The smallest absolute Gasteiger partial charge is 0.394 e. The number of hydrogen-bond acceptors (Lipinski definition) is 4. The lowest BCUT2D eigenvalue weighted by atomic mass is 10.0. The monoisotopic (exact) mass is 763 g/mol. The van der Waals surface area contributed by atoms with Crippen LogP contribution in [0.25, 0.3) is 0 Å². The molecule has 0 aliphatic rings. The van der Waals surface area contributed by atoms with Crippen LogP contribution in [0.2, 0.25) is 0 Å². The topological polar surface area (TPSA) is 121 Å². The van der Waals surface area contributed by atoms with Crippen LogP contribution in [0.15, 0.2) is 0 Å². The molecule has 0 aromatic heterocycles. The van der Waals surface area contributed by atoms with Crippen LogP contribution in [0.4, 0.5) is 0 Å². The summed E-state index contributed by atoms with van der Waals surface area (Å²) >= 11 is 0. The van der Waals surface area contributed by atoms with E-state index >= 15 is 0 Å². The van der Waals surface area contributed by atoms with E-state index in [4.69, 9.17) is 27.4 Å². The van der Waals surface area contributed by atoms with Crippen LogP contribution in [-0.2, 0) is 19.9 Å². The molecule has 0 fully saturated rings. The average Bonchev–Trinajstić information content (AvgIpc) is 3.06. The van der Waals surface area contributed by atoms with Crippen LogP contribution in [0.3, 0.4) is 0 Å². The normalized spacial score (nSPS) is 10.9. The van der Waals surface area contributed by atoms with Gasteiger partial charge >= 0.3 is 39.4 Å². The van der Waals surface area contributed by atoms with E-state index in [-0.39, 0.29) is 23.1 Å². The van der Waals surface area contributed by atoms with Gasteiger partial charge in [0, 0.05) is 19.6 Å². The minimum absolute atomic E-state index is 0. The first kappa shape index (κ1) is 57.8. The van der Waals surface area contributed by atoms with Gasteiger partial charge in [-0.3, -0.25) is 13.9 Å². The zero-order valence-corrected chi connectivity index (χ0v) is 34.6. The zero-order chi connectivity index (χ0) is 37.7. The Kier molecular flexibility index (Phi) is 59.1. The summed E-state index contributed by atoms with van der Waals surface area (Å²) in [6, 6.07) is 0. The first-order valence-corrected chi connectivity index (χ1v) is 23.1. The van der Waals surface area contributed by atoms with Gasteiger partial charge in [-0.25, -0.2) is 0 Å². The number of aliphatic carboxylic acids is 1. The highest BCUT2D eigenvalue weighted by Crippen LogP contribution is 2.14. The lowest BCUT2D eigenvalue weighted by Gasteiger charge is -2.05. The van der Waals surface area contributed by atoms with Gasteiger partial charge in [0.25, 0.3) is 0 Å². The highest BCUT2D eigenvalue weighted by atomic mass is 32.3. The fourth-order valence-electron chi connectivity index (χ4n) is 6.13. The van der Waals surface area contributed by atoms with Gasteiger partial charge in [-0.15, -0.1) is 0 Å². The predicted octanol–water partition coefficient (Wildman–Crippen LogP) is 13.6. The Morgan fingerprint density at radius 2 is 0.569 bits per heavy atom. The first-order chi connectivity index (χ1) is 24.2. The molecule has 51 heavy (non-hydrogen) atoms. The van der Waals surface area contributed by atoms with Gasteiger partial charge in [0.1, 0.15) is 0 Å². The van der Waals surface area contributed by atoms with E-state index in [0.717, 1.165) is 26.1 Å². The molecule has 0 atom stereocenters. The Balaban J connectivity index is -0.000000381. The molecule has 0 amide bonds. The molecule has 0 saturated carbocycles. The maximum Gasteiger partial charge on any atom is 0.394 e. The number of hydrogen-bond donors (Lipinski definition) is 3. The Bertz CT molecular complexity index is 692. The molecule has 308 valence electrons. The highest BCUT2D eigenvalue weighted by molar-refractivity contribution is 7.79. The summed E-state index contributed by atoms with van der Waals surface area (Å²) in [5.74, 6) is -0.653. The van der Waals surface area contributed by atoms with Crippen molar-refractivity contribution in [3.05, 3.63) is 0 Å². The standard InChI is InChI=1S/C24H50O.C18H36O2.Mg.H2O4S.2H/c1-3-5-7-9-11-13-15-17-19-21-23-25-24-22-20-18-16-14-12-10-8-6-4-2;1-2-3-4-5-6-7-8-9-10-11-12-13-14-15-16-17-18(19)20;;1-5(2,3)4;;/h3-24H2,1-2H3;2-17H2,1H3,(H,19,20);;(H2,1,2,3,4);;. The van der Waals surface area contributed by atoms with E-state index in [1.54, 1.807) is 0 Å². The Labute approximate surface area is 335 Å². The van der Waals surface area contributed by atoms with Crippen LogP contribution in [0.5, 0.6) is 0 Å². The third kappa shape index (κ3) is 75.8. The van der Waals surface area contributed by atoms with E-state index in [1.807, 2.05) is 0 Å². The molecule has 0 aromatic rings. The Hall–Kier alpha value is 0.0662. The van der Waals surface area contributed by atoms with Crippen LogP contribution in [0, 0.1) is 0 Å². The molecule has 0 aliphatic heterocycles. The van der Waals surface area contributed by atoms with Crippen molar-refractivity contribution in [2.24, 2.45) is 0 Å². The van der Waals surface area contributed by atoms with Gasteiger partial charge in [-0.2, -0.15) is 8.42 Å². The molecule has 9 heteroatoms. The number of rotatable bonds is 38.